The van der Waals surface area contributed by atoms with Crippen molar-refractivity contribution in [1.29, 1.82) is 0 Å². The fraction of sp³-hybridized carbons (Fsp3) is 0.643. The zero-order valence-corrected chi connectivity index (χ0v) is 10.3. The van der Waals surface area contributed by atoms with Crippen LogP contribution in [0.4, 0.5) is 0 Å². The van der Waals surface area contributed by atoms with Gasteiger partial charge < -0.3 is 5.32 Å². The smallest absolute Gasteiger partial charge is 0.0299 e. The third kappa shape index (κ3) is 3.60. The van der Waals surface area contributed by atoms with Crippen LogP contribution >= 0.6 is 0 Å². The lowest BCUT2D eigenvalue weighted by Gasteiger charge is -2.20. The van der Waals surface area contributed by atoms with Crippen LogP contribution in [0.3, 0.4) is 0 Å². The molecule has 1 aliphatic rings. The molecule has 88 valence electrons. The van der Waals surface area contributed by atoms with Gasteiger partial charge in [0, 0.05) is 18.4 Å². The molecule has 2 nitrogen and oxygen atoms in total. The number of nitrogens with one attached hydrogen (secondary N) is 1. The molecule has 16 heavy (non-hydrogen) atoms. The highest BCUT2D eigenvalue weighted by atomic mass is 14.9. The summed E-state index contributed by atoms with van der Waals surface area (Å²) < 4.78 is 0. The van der Waals surface area contributed by atoms with Gasteiger partial charge in [-0.1, -0.05) is 19.9 Å². The van der Waals surface area contributed by atoms with Crippen molar-refractivity contribution in [3.63, 3.8) is 0 Å². The molecular weight excluding hydrogens is 196 g/mol. The molecule has 0 spiro atoms. The molecule has 2 unspecified atom stereocenters. The van der Waals surface area contributed by atoms with Crippen LogP contribution in [-0.4, -0.2) is 17.6 Å². The summed E-state index contributed by atoms with van der Waals surface area (Å²) in [7, 11) is 0. The first-order valence-corrected chi connectivity index (χ1v) is 6.38. The Morgan fingerprint density at radius 3 is 2.81 bits per heavy atom. The molecule has 1 heterocycles. The Bertz CT molecular complexity index is 306. The molecule has 1 fully saturated rings. The van der Waals surface area contributed by atoms with Gasteiger partial charge >= 0.3 is 0 Å². The maximum atomic E-state index is 4.17. The molecule has 2 rings (SSSR count). The van der Waals surface area contributed by atoms with Gasteiger partial charge in [-0.15, -0.1) is 0 Å². The summed E-state index contributed by atoms with van der Waals surface area (Å²) in [4.78, 5) is 4.17. The minimum atomic E-state index is 0.718. The van der Waals surface area contributed by atoms with Crippen molar-refractivity contribution in [2.75, 3.05) is 6.54 Å². The Hall–Kier alpha value is -0.890. The summed E-state index contributed by atoms with van der Waals surface area (Å²) in [6.07, 6.45) is 7.72. The summed E-state index contributed by atoms with van der Waals surface area (Å²) in [5.41, 5.74) is 1.35. The lowest BCUT2D eigenvalue weighted by atomic mass is 9.90. The molecule has 0 amide bonds. The Morgan fingerprint density at radius 2 is 2.19 bits per heavy atom. The molecule has 1 aromatic heterocycles. The van der Waals surface area contributed by atoms with Gasteiger partial charge in [-0.25, -0.2) is 0 Å². The van der Waals surface area contributed by atoms with Gasteiger partial charge in [0.15, 0.2) is 0 Å². The fourth-order valence-corrected chi connectivity index (χ4v) is 1.93. The predicted octanol–water partition coefficient (Wildman–Crippen LogP) is 2.65. The average Bonchev–Trinajstić information content (AvgIpc) is 3.11. The van der Waals surface area contributed by atoms with Crippen molar-refractivity contribution in [3.05, 3.63) is 30.1 Å². The van der Waals surface area contributed by atoms with Crippen LogP contribution in [-0.2, 0) is 6.42 Å². The van der Waals surface area contributed by atoms with Crippen molar-refractivity contribution in [2.45, 2.75) is 39.2 Å². The van der Waals surface area contributed by atoms with Gasteiger partial charge in [0.25, 0.3) is 0 Å². The van der Waals surface area contributed by atoms with Crippen LogP contribution in [0.2, 0.25) is 0 Å². The maximum absolute atomic E-state index is 4.17. The van der Waals surface area contributed by atoms with Gasteiger partial charge in [-0.2, -0.15) is 0 Å². The third-order valence-electron chi connectivity index (χ3n) is 3.56. The number of hydrogen-bond acceptors (Lipinski definition) is 2. The van der Waals surface area contributed by atoms with Gasteiger partial charge in [0.1, 0.15) is 0 Å². The number of aromatic nitrogens is 1. The molecule has 0 aromatic carbocycles. The first kappa shape index (κ1) is 11.6. The summed E-state index contributed by atoms with van der Waals surface area (Å²) in [5, 5.41) is 3.61. The first-order valence-electron chi connectivity index (χ1n) is 6.38. The molecule has 1 aromatic rings. The molecule has 2 atom stereocenters. The number of pyridine rings is 1. The van der Waals surface area contributed by atoms with Gasteiger partial charge in [-0.05, 0) is 49.3 Å². The highest BCUT2D eigenvalue weighted by Crippen LogP contribution is 2.21. The molecule has 0 bridgehead atoms. The fourth-order valence-electron chi connectivity index (χ4n) is 1.93. The summed E-state index contributed by atoms with van der Waals surface area (Å²) in [6.45, 7) is 5.84. The number of nitrogens with zero attached hydrogens (tertiary/aromatic N) is 1. The van der Waals surface area contributed by atoms with E-state index in [1.165, 1.54) is 18.4 Å². The van der Waals surface area contributed by atoms with Crippen LogP contribution in [0.25, 0.3) is 0 Å². The second-order valence-corrected chi connectivity index (χ2v) is 5.20. The van der Waals surface area contributed by atoms with Gasteiger partial charge in [-0.3, -0.25) is 4.98 Å². The average molecular weight is 218 g/mol. The molecule has 0 saturated heterocycles. The Morgan fingerprint density at radius 1 is 1.38 bits per heavy atom. The van der Waals surface area contributed by atoms with Crippen LogP contribution in [0.5, 0.6) is 0 Å². The van der Waals surface area contributed by atoms with E-state index >= 15 is 0 Å². The Labute approximate surface area is 98.5 Å². The number of hydrogen-bond donors (Lipinski definition) is 1. The Balaban J connectivity index is 1.75. The van der Waals surface area contributed by atoms with Crippen molar-refractivity contribution in [2.24, 2.45) is 11.8 Å². The van der Waals surface area contributed by atoms with Crippen LogP contribution in [0, 0.1) is 11.8 Å². The van der Waals surface area contributed by atoms with Gasteiger partial charge in [0.2, 0.25) is 0 Å². The van der Waals surface area contributed by atoms with E-state index < -0.39 is 0 Å². The first-order chi connectivity index (χ1) is 7.75. The largest absolute Gasteiger partial charge is 0.314 e. The summed E-state index contributed by atoms with van der Waals surface area (Å²) in [6, 6.07) is 5.02. The van der Waals surface area contributed by atoms with E-state index in [2.05, 4.69) is 30.2 Å². The van der Waals surface area contributed by atoms with Crippen LogP contribution < -0.4 is 5.32 Å². The second-order valence-electron chi connectivity index (χ2n) is 5.20. The Kier molecular flexibility index (Phi) is 3.94. The van der Waals surface area contributed by atoms with E-state index in [9.17, 15) is 0 Å². The minimum Gasteiger partial charge on any atom is -0.314 e. The van der Waals surface area contributed by atoms with E-state index in [0.29, 0.717) is 0 Å². The molecular formula is C14H22N2. The van der Waals surface area contributed by atoms with E-state index in [1.807, 2.05) is 18.5 Å². The normalized spacial score (nSPS) is 19.4. The monoisotopic (exact) mass is 218 g/mol. The van der Waals surface area contributed by atoms with E-state index in [1.54, 1.807) is 0 Å². The predicted molar refractivity (Wildman–Crippen MR) is 67.3 cm³/mol. The molecule has 1 N–H and O–H groups in total. The second kappa shape index (κ2) is 5.44. The standard InChI is InChI=1S/C14H22N2/c1-11(8-13-4-3-7-15-10-13)12(2)9-16-14-5-6-14/h3-4,7,10-12,14,16H,5-6,8-9H2,1-2H3. The van der Waals surface area contributed by atoms with Crippen molar-refractivity contribution < 1.29 is 0 Å². The van der Waals surface area contributed by atoms with E-state index in [-0.39, 0.29) is 0 Å². The summed E-state index contributed by atoms with van der Waals surface area (Å²) in [5.74, 6) is 1.45. The number of rotatable bonds is 6. The SMILES string of the molecule is CC(CNC1CC1)C(C)Cc1cccnc1. The zero-order chi connectivity index (χ0) is 11.4. The zero-order valence-electron chi connectivity index (χ0n) is 10.3. The molecule has 0 aliphatic heterocycles. The van der Waals surface area contributed by atoms with Crippen molar-refractivity contribution in [1.82, 2.24) is 10.3 Å². The maximum Gasteiger partial charge on any atom is 0.0299 e. The third-order valence-corrected chi connectivity index (χ3v) is 3.56. The van der Waals surface area contributed by atoms with E-state index in [0.717, 1.165) is 30.8 Å². The van der Waals surface area contributed by atoms with Crippen LogP contribution in [0.15, 0.2) is 24.5 Å². The van der Waals surface area contributed by atoms with E-state index in [4.69, 9.17) is 0 Å². The molecule has 1 aliphatic carbocycles. The highest BCUT2D eigenvalue weighted by molar-refractivity contribution is 5.09. The minimum absolute atomic E-state index is 0.718. The lowest BCUT2D eigenvalue weighted by molar-refractivity contribution is 0.364. The summed E-state index contributed by atoms with van der Waals surface area (Å²) >= 11 is 0. The molecule has 1 saturated carbocycles. The highest BCUT2D eigenvalue weighted by Gasteiger charge is 2.22. The van der Waals surface area contributed by atoms with Crippen molar-refractivity contribution >= 4 is 0 Å². The van der Waals surface area contributed by atoms with Crippen LogP contribution in [0.1, 0.15) is 32.3 Å². The topological polar surface area (TPSA) is 24.9 Å². The molecule has 2 heteroatoms. The quantitative estimate of drug-likeness (QED) is 0.794. The van der Waals surface area contributed by atoms with Crippen molar-refractivity contribution in [3.8, 4) is 0 Å². The van der Waals surface area contributed by atoms with Gasteiger partial charge in [0.05, 0.1) is 0 Å². The lowest BCUT2D eigenvalue weighted by Crippen LogP contribution is -2.27. The molecule has 0 radical (unpaired) electrons.